The zero-order valence-electron chi connectivity index (χ0n) is 11.5. The molecule has 1 aromatic heterocycles. The fraction of sp³-hybridized carbons (Fsp3) is 0.750. The SMILES string of the molecule is Cc1nc(CNC(=O)N2CCC(C(C)(C)O)C2)no1. The van der Waals surface area contributed by atoms with E-state index in [1.165, 1.54) is 0 Å². The zero-order chi connectivity index (χ0) is 14.0. The maximum atomic E-state index is 11.9. The summed E-state index contributed by atoms with van der Waals surface area (Å²) in [5.74, 6) is 1.06. The van der Waals surface area contributed by atoms with Gasteiger partial charge in [-0.15, -0.1) is 0 Å². The number of hydrogen-bond acceptors (Lipinski definition) is 5. The molecule has 2 heterocycles. The van der Waals surface area contributed by atoms with Crippen molar-refractivity contribution in [1.82, 2.24) is 20.4 Å². The Hall–Kier alpha value is -1.63. The van der Waals surface area contributed by atoms with Gasteiger partial charge in [0.1, 0.15) is 0 Å². The van der Waals surface area contributed by atoms with E-state index >= 15 is 0 Å². The van der Waals surface area contributed by atoms with Gasteiger partial charge in [-0.3, -0.25) is 0 Å². The second-order valence-electron chi connectivity index (χ2n) is 5.47. The number of aliphatic hydroxyl groups is 1. The summed E-state index contributed by atoms with van der Waals surface area (Å²) in [5.41, 5.74) is -0.750. The highest BCUT2D eigenvalue weighted by atomic mass is 16.5. The van der Waals surface area contributed by atoms with Crippen LogP contribution in [0, 0.1) is 12.8 Å². The normalized spacial score (nSPS) is 19.8. The summed E-state index contributed by atoms with van der Waals surface area (Å²) >= 11 is 0. The van der Waals surface area contributed by atoms with Crippen LogP contribution in [0.5, 0.6) is 0 Å². The molecule has 2 N–H and O–H groups in total. The molecule has 7 heteroatoms. The lowest BCUT2D eigenvalue weighted by atomic mass is 9.91. The third-order valence-corrected chi connectivity index (χ3v) is 3.44. The largest absolute Gasteiger partial charge is 0.390 e. The van der Waals surface area contributed by atoms with Crippen molar-refractivity contribution >= 4 is 6.03 Å². The highest BCUT2D eigenvalue weighted by Gasteiger charge is 2.35. The van der Waals surface area contributed by atoms with Gasteiger partial charge in [0.2, 0.25) is 5.89 Å². The highest BCUT2D eigenvalue weighted by Crippen LogP contribution is 2.26. The van der Waals surface area contributed by atoms with Gasteiger partial charge in [-0.1, -0.05) is 5.16 Å². The fourth-order valence-electron chi connectivity index (χ4n) is 2.20. The van der Waals surface area contributed by atoms with Crippen molar-refractivity contribution in [2.24, 2.45) is 5.92 Å². The molecule has 0 spiro atoms. The summed E-state index contributed by atoms with van der Waals surface area (Å²) < 4.78 is 4.82. The van der Waals surface area contributed by atoms with Crippen LogP contribution in [0.4, 0.5) is 4.79 Å². The molecule has 1 saturated heterocycles. The average molecular weight is 268 g/mol. The van der Waals surface area contributed by atoms with Gasteiger partial charge < -0.3 is 19.8 Å². The first-order chi connectivity index (χ1) is 8.86. The topological polar surface area (TPSA) is 91.5 Å². The van der Waals surface area contributed by atoms with E-state index in [1.807, 2.05) is 0 Å². The molecule has 1 aliphatic heterocycles. The Bertz CT molecular complexity index is 452. The molecule has 1 aromatic rings. The zero-order valence-corrected chi connectivity index (χ0v) is 11.5. The van der Waals surface area contributed by atoms with Crippen molar-refractivity contribution in [3.05, 3.63) is 11.7 Å². The minimum atomic E-state index is -0.750. The van der Waals surface area contributed by atoms with Gasteiger partial charge in [0.05, 0.1) is 12.1 Å². The predicted molar refractivity (Wildman–Crippen MR) is 67.2 cm³/mol. The molecule has 7 nitrogen and oxygen atoms in total. The van der Waals surface area contributed by atoms with E-state index in [4.69, 9.17) is 4.52 Å². The van der Waals surface area contributed by atoms with E-state index in [0.717, 1.165) is 6.42 Å². The van der Waals surface area contributed by atoms with Crippen LogP contribution in [0.2, 0.25) is 0 Å². The molecular weight excluding hydrogens is 248 g/mol. The van der Waals surface area contributed by atoms with Gasteiger partial charge >= 0.3 is 6.03 Å². The Morgan fingerprint density at radius 1 is 1.63 bits per heavy atom. The number of nitrogens with one attached hydrogen (secondary N) is 1. The summed E-state index contributed by atoms with van der Waals surface area (Å²) in [5, 5.41) is 16.4. The van der Waals surface area contributed by atoms with Crippen molar-refractivity contribution < 1.29 is 14.4 Å². The number of rotatable bonds is 3. The van der Waals surface area contributed by atoms with Crippen LogP contribution in [0.25, 0.3) is 0 Å². The van der Waals surface area contributed by atoms with Crippen LogP contribution in [0.15, 0.2) is 4.52 Å². The lowest BCUT2D eigenvalue weighted by molar-refractivity contribution is 0.0225. The molecular formula is C12H20N4O3. The number of hydrogen-bond donors (Lipinski definition) is 2. The number of aryl methyl sites for hydroxylation is 1. The van der Waals surface area contributed by atoms with Crippen LogP contribution in [0.3, 0.4) is 0 Å². The predicted octanol–water partition coefficient (Wildman–Crippen LogP) is 0.680. The second kappa shape index (κ2) is 5.16. The van der Waals surface area contributed by atoms with Crippen molar-refractivity contribution in [2.45, 2.75) is 39.3 Å². The smallest absolute Gasteiger partial charge is 0.317 e. The molecule has 1 fully saturated rings. The molecule has 106 valence electrons. The number of aromatic nitrogens is 2. The third-order valence-electron chi connectivity index (χ3n) is 3.44. The van der Waals surface area contributed by atoms with Crippen molar-refractivity contribution in [2.75, 3.05) is 13.1 Å². The fourth-order valence-corrected chi connectivity index (χ4v) is 2.20. The number of urea groups is 1. The van der Waals surface area contributed by atoms with E-state index in [1.54, 1.807) is 25.7 Å². The Labute approximate surface area is 112 Å². The monoisotopic (exact) mass is 268 g/mol. The van der Waals surface area contributed by atoms with Gasteiger partial charge in [-0.25, -0.2) is 4.79 Å². The molecule has 1 unspecified atom stereocenters. The molecule has 2 amide bonds. The molecule has 0 aromatic carbocycles. The van der Waals surface area contributed by atoms with E-state index in [-0.39, 0.29) is 18.5 Å². The lowest BCUT2D eigenvalue weighted by Gasteiger charge is -2.25. The Morgan fingerprint density at radius 2 is 2.37 bits per heavy atom. The standard InChI is InChI=1S/C12H20N4O3/c1-8-14-10(15-19-8)6-13-11(17)16-5-4-9(7-16)12(2,3)18/h9,18H,4-7H2,1-3H3,(H,13,17). The first-order valence-electron chi connectivity index (χ1n) is 6.40. The number of carbonyl (C=O) groups excluding carboxylic acids is 1. The first kappa shape index (κ1) is 13.8. The Morgan fingerprint density at radius 3 is 2.89 bits per heavy atom. The lowest BCUT2D eigenvalue weighted by Crippen LogP contribution is -2.40. The van der Waals surface area contributed by atoms with Crippen LogP contribution in [0.1, 0.15) is 32.0 Å². The van der Waals surface area contributed by atoms with E-state index in [9.17, 15) is 9.90 Å². The van der Waals surface area contributed by atoms with Gasteiger partial charge in [-0.05, 0) is 20.3 Å². The number of likely N-dealkylation sites (tertiary alicyclic amines) is 1. The van der Waals surface area contributed by atoms with E-state index in [0.29, 0.717) is 24.8 Å². The maximum Gasteiger partial charge on any atom is 0.317 e. The maximum absolute atomic E-state index is 11.9. The molecule has 0 bridgehead atoms. The van der Waals surface area contributed by atoms with Gasteiger partial charge in [-0.2, -0.15) is 4.98 Å². The van der Waals surface area contributed by atoms with Gasteiger partial charge in [0.15, 0.2) is 5.82 Å². The molecule has 1 aliphatic rings. The third kappa shape index (κ3) is 3.44. The molecule has 19 heavy (non-hydrogen) atoms. The van der Waals surface area contributed by atoms with Crippen molar-refractivity contribution in [3.63, 3.8) is 0 Å². The number of nitrogens with zero attached hydrogens (tertiary/aromatic N) is 3. The summed E-state index contributed by atoms with van der Waals surface area (Å²) in [6.07, 6.45) is 0.818. The molecule has 0 saturated carbocycles. The first-order valence-corrected chi connectivity index (χ1v) is 6.40. The Kier molecular flexibility index (Phi) is 3.75. The van der Waals surface area contributed by atoms with Gasteiger partial charge in [0.25, 0.3) is 0 Å². The van der Waals surface area contributed by atoms with Crippen LogP contribution in [-0.2, 0) is 6.54 Å². The number of carbonyl (C=O) groups is 1. The molecule has 1 atom stereocenters. The summed E-state index contributed by atoms with van der Waals surface area (Å²) in [4.78, 5) is 17.7. The molecule has 0 aliphatic carbocycles. The van der Waals surface area contributed by atoms with E-state index in [2.05, 4.69) is 15.5 Å². The highest BCUT2D eigenvalue weighted by molar-refractivity contribution is 5.74. The quantitative estimate of drug-likeness (QED) is 0.841. The summed E-state index contributed by atoms with van der Waals surface area (Å²) in [6, 6.07) is -0.158. The summed E-state index contributed by atoms with van der Waals surface area (Å²) in [7, 11) is 0. The second-order valence-corrected chi connectivity index (χ2v) is 5.47. The van der Waals surface area contributed by atoms with E-state index < -0.39 is 5.60 Å². The van der Waals surface area contributed by atoms with Gasteiger partial charge in [0, 0.05) is 25.9 Å². The molecule has 0 radical (unpaired) electrons. The van der Waals surface area contributed by atoms with Crippen LogP contribution < -0.4 is 5.32 Å². The summed E-state index contributed by atoms with van der Waals surface area (Å²) in [6.45, 7) is 6.74. The Balaban J connectivity index is 1.82. The minimum Gasteiger partial charge on any atom is -0.390 e. The van der Waals surface area contributed by atoms with Crippen LogP contribution in [-0.4, -0.2) is 44.9 Å². The van der Waals surface area contributed by atoms with Crippen molar-refractivity contribution in [3.8, 4) is 0 Å². The minimum absolute atomic E-state index is 0.116. The van der Waals surface area contributed by atoms with Crippen LogP contribution >= 0.6 is 0 Å². The molecule has 2 rings (SSSR count). The average Bonchev–Trinajstić information content (AvgIpc) is 2.93. The number of amides is 2. The van der Waals surface area contributed by atoms with Crippen molar-refractivity contribution in [1.29, 1.82) is 0 Å².